The van der Waals surface area contributed by atoms with Crippen LogP contribution in [0.1, 0.15) is 11.1 Å². The van der Waals surface area contributed by atoms with Gasteiger partial charge >= 0.3 is 0 Å². The zero-order chi connectivity index (χ0) is 19.8. The van der Waals surface area contributed by atoms with Crippen molar-refractivity contribution in [3.8, 4) is 11.8 Å². The van der Waals surface area contributed by atoms with Gasteiger partial charge in [-0.15, -0.1) is 0 Å². The van der Waals surface area contributed by atoms with E-state index in [4.69, 9.17) is 4.74 Å². The van der Waals surface area contributed by atoms with Gasteiger partial charge in [0.25, 0.3) is 5.91 Å². The summed E-state index contributed by atoms with van der Waals surface area (Å²) in [6, 6.07) is 26.3. The zero-order valence-electron chi connectivity index (χ0n) is 14.9. The average Bonchev–Trinajstić information content (AvgIpc) is 2.72. The SMILES string of the molecule is N#C/C(=C\c1ccc(OCc2ccccc2)c(Br)c1)C(=O)Nc1ccccc1. The predicted molar refractivity (Wildman–Crippen MR) is 114 cm³/mol. The van der Waals surface area contributed by atoms with Crippen molar-refractivity contribution in [1.29, 1.82) is 5.26 Å². The fraction of sp³-hybridized carbons (Fsp3) is 0.0435. The van der Waals surface area contributed by atoms with Gasteiger partial charge in [-0.1, -0.05) is 54.6 Å². The lowest BCUT2D eigenvalue weighted by molar-refractivity contribution is -0.112. The topological polar surface area (TPSA) is 62.1 Å². The Kier molecular flexibility index (Phi) is 6.61. The Morgan fingerprint density at radius 1 is 1.04 bits per heavy atom. The third kappa shape index (κ3) is 5.32. The van der Waals surface area contributed by atoms with E-state index < -0.39 is 5.91 Å². The number of anilines is 1. The molecule has 0 unspecified atom stereocenters. The maximum Gasteiger partial charge on any atom is 0.266 e. The maximum absolute atomic E-state index is 12.3. The molecule has 0 aliphatic heterocycles. The predicted octanol–water partition coefficient (Wildman–Crippen LogP) is 5.57. The van der Waals surface area contributed by atoms with Crippen molar-refractivity contribution in [3.05, 3.63) is 100 Å². The summed E-state index contributed by atoms with van der Waals surface area (Å²) in [6.45, 7) is 0.456. The van der Waals surface area contributed by atoms with Crippen LogP contribution in [-0.4, -0.2) is 5.91 Å². The molecule has 0 radical (unpaired) electrons. The van der Waals surface area contributed by atoms with E-state index in [1.807, 2.05) is 66.7 Å². The molecule has 3 rings (SSSR count). The van der Waals surface area contributed by atoms with Gasteiger partial charge in [-0.05, 0) is 57.4 Å². The molecule has 5 heteroatoms. The fourth-order valence-corrected chi connectivity index (χ4v) is 3.01. The van der Waals surface area contributed by atoms with Gasteiger partial charge in [0.15, 0.2) is 0 Å². The standard InChI is InChI=1S/C23H17BrN2O2/c24-21-14-18(11-12-22(21)28-16-17-7-3-1-4-8-17)13-19(15-25)23(27)26-20-9-5-2-6-10-20/h1-14H,16H2,(H,26,27)/b19-13+. The summed E-state index contributed by atoms with van der Waals surface area (Å²) < 4.78 is 6.57. The molecule has 1 amide bonds. The number of amides is 1. The van der Waals surface area contributed by atoms with Gasteiger partial charge in [0.2, 0.25) is 0 Å². The highest BCUT2D eigenvalue weighted by molar-refractivity contribution is 9.10. The lowest BCUT2D eigenvalue weighted by atomic mass is 10.1. The second-order valence-corrected chi connectivity index (χ2v) is 6.81. The summed E-state index contributed by atoms with van der Waals surface area (Å²) in [7, 11) is 0. The number of nitrogens with one attached hydrogen (secondary N) is 1. The summed E-state index contributed by atoms with van der Waals surface area (Å²) in [5.74, 6) is 0.238. The molecule has 3 aromatic carbocycles. The minimum Gasteiger partial charge on any atom is -0.488 e. The van der Waals surface area contributed by atoms with Crippen LogP contribution in [0.3, 0.4) is 0 Å². The van der Waals surface area contributed by atoms with Crippen LogP contribution in [0.2, 0.25) is 0 Å². The van der Waals surface area contributed by atoms with Crippen molar-refractivity contribution >= 4 is 33.6 Å². The van der Waals surface area contributed by atoms with E-state index in [-0.39, 0.29) is 5.57 Å². The van der Waals surface area contributed by atoms with Crippen LogP contribution in [0.25, 0.3) is 6.08 Å². The molecule has 0 aliphatic carbocycles. The molecule has 0 saturated heterocycles. The highest BCUT2D eigenvalue weighted by Gasteiger charge is 2.10. The molecular formula is C23H17BrN2O2. The molecular weight excluding hydrogens is 416 g/mol. The smallest absolute Gasteiger partial charge is 0.266 e. The second kappa shape index (κ2) is 9.54. The number of nitriles is 1. The highest BCUT2D eigenvalue weighted by atomic mass is 79.9. The number of carbonyl (C=O) groups excluding carboxylic acids is 1. The molecule has 0 aromatic heterocycles. The number of carbonyl (C=O) groups is 1. The van der Waals surface area contributed by atoms with E-state index in [1.165, 1.54) is 0 Å². The monoisotopic (exact) mass is 432 g/mol. The molecule has 3 aromatic rings. The first-order chi connectivity index (χ1) is 13.7. The Morgan fingerprint density at radius 3 is 2.36 bits per heavy atom. The number of benzene rings is 3. The van der Waals surface area contributed by atoms with E-state index >= 15 is 0 Å². The molecule has 138 valence electrons. The molecule has 1 N–H and O–H groups in total. The summed E-state index contributed by atoms with van der Waals surface area (Å²) in [4.78, 5) is 12.3. The van der Waals surface area contributed by atoms with Crippen molar-refractivity contribution < 1.29 is 9.53 Å². The third-order valence-electron chi connectivity index (χ3n) is 3.90. The van der Waals surface area contributed by atoms with Crippen molar-refractivity contribution in [2.75, 3.05) is 5.32 Å². The van der Waals surface area contributed by atoms with Crippen LogP contribution in [0.4, 0.5) is 5.69 Å². The van der Waals surface area contributed by atoms with E-state index in [9.17, 15) is 10.1 Å². The van der Waals surface area contributed by atoms with Gasteiger partial charge in [0.05, 0.1) is 4.47 Å². The molecule has 0 atom stereocenters. The molecule has 0 saturated carbocycles. The van der Waals surface area contributed by atoms with Gasteiger partial charge < -0.3 is 10.1 Å². The van der Waals surface area contributed by atoms with E-state index in [0.29, 0.717) is 18.0 Å². The lowest BCUT2D eigenvalue weighted by Gasteiger charge is -2.09. The van der Waals surface area contributed by atoms with Crippen molar-refractivity contribution in [3.63, 3.8) is 0 Å². The summed E-state index contributed by atoms with van der Waals surface area (Å²) >= 11 is 3.49. The number of rotatable bonds is 6. The molecule has 0 spiro atoms. The van der Waals surface area contributed by atoms with Crippen LogP contribution < -0.4 is 10.1 Å². The number of para-hydroxylation sites is 1. The first-order valence-electron chi connectivity index (χ1n) is 8.60. The van der Waals surface area contributed by atoms with Crippen molar-refractivity contribution in [1.82, 2.24) is 0 Å². The minimum absolute atomic E-state index is 0.0220. The van der Waals surface area contributed by atoms with Gasteiger partial charge in [0.1, 0.15) is 24.0 Å². The summed E-state index contributed by atoms with van der Waals surface area (Å²) in [5.41, 5.74) is 2.45. The number of hydrogen-bond donors (Lipinski definition) is 1. The molecule has 4 nitrogen and oxygen atoms in total. The zero-order valence-corrected chi connectivity index (χ0v) is 16.5. The molecule has 28 heavy (non-hydrogen) atoms. The number of halogens is 1. The number of nitrogens with zero attached hydrogens (tertiary/aromatic N) is 1. The van der Waals surface area contributed by atoms with Crippen LogP contribution >= 0.6 is 15.9 Å². The quantitative estimate of drug-likeness (QED) is 0.408. The molecule has 0 aliphatic rings. The van der Waals surface area contributed by atoms with E-state index in [0.717, 1.165) is 15.6 Å². The first-order valence-corrected chi connectivity index (χ1v) is 9.39. The first kappa shape index (κ1) is 19.4. The largest absolute Gasteiger partial charge is 0.488 e. The number of ether oxygens (including phenoxy) is 1. The van der Waals surface area contributed by atoms with Crippen LogP contribution in [0.15, 0.2) is 88.9 Å². The molecule has 0 bridgehead atoms. The van der Waals surface area contributed by atoms with Crippen LogP contribution in [0.5, 0.6) is 5.75 Å². The Labute approximate surface area is 172 Å². The van der Waals surface area contributed by atoms with E-state index in [1.54, 1.807) is 24.3 Å². The molecule has 0 heterocycles. The van der Waals surface area contributed by atoms with Crippen LogP contribution in [-0.2, 0) is 11.4 Å². The summed E-state index contributed by atoms with van der Waals surface area (Å²) in [6.07, 6.45) is 1.55. The third-order valence-corrected chi connectivity index (χ3v) is 4.52. The van der Waals surface area contributed by atoms with E-state index in [2.05, 4.69) is 21.2 Å². The summed E-state index contributed by atoms with van der Waals surface area (Å²) in [5, 5.41) is 12.1. The Hall–Kier alpha value is -3.36. The van der Waals surface area contributed by atoms with Crippen molar-refractivity contribution in [2.45, 2.75) is 6.61 Å². The van der Waals surface area contributed by atoms with Crippen molar-refractivity contribution in [2.24, 2.45) is 0 Å². The molecule has 0 fully saturated rings. The van der Waals surface area contributed by atoms with Gasteiger partial charge in [-0.25, -0.2) is 0 Å². The average molecular weight is 433 g/mol. The van der Waals surface area contributed by atoms with Gasteiger partial charge in [-0.2, -0.15) is 5.26 Å². The van der Waals surface area contributed by atoms with Crippen LogP contribution in [0, 0.1) is 11.3 Å². The Bertz CT molecular complexity index is 1030. The minimum atomic E-state index is -0.450. The second-order valence-electron chi connectivity index (χ2n) is 5.95. The Morgan fingerprint density at radius 2 is 1.71 bits per heavy atom. The Balaban J connectivity index is 1.71. The number of hydrogen-bond acceptors (Lipinski definition) is 3. The maximum atomic E-state index is 12.3. The fourth-order valence-electron chi connectivity index (χ4n) is 2.49. The van der Waals surface area contributed by atoms with Gasteiger partial charge in [0, 0.05) is 5.69 Å². The lowest BCUT2D eigenvalue weighted by Crippen LogP contribution is -2.13. The highest BCUT2D eigenvalue weighted by Crippen LogP contribution is 2.28. The normalized spacial score (nSPS) is 10.8. The van der Waals surface area contributed by atoms with Gasteiger partial charge in [-0.3, -0.25) is 4.79 Å².